The lowest BCUT2D eigenvalue weighted by Crippen LogP contribution is -2.30. The number of carbonyl (C=O) groups is 1. The predicted molar refractivity (Wildman–Crippen MR) is 72.3 cm³/mol. The monoisotopic (exact) mass is 259 g/mol. The topological polar surface area (TPSA) is 85.8 Å². The minimum absolute atomic E-state index is 0.0883. The van der Waals surface area contributed by atoms with Crippen LogP contribution in [-0.4, -0.2) is 27.4 Å². The Hall–Kier alpha value is -2.37. The fourth-order valence-corrected chi connectivity index (χ4v) is 1.80. The molecule has 2 aromatic rings. The number of amides is 1. The summed E-state index contributed by atoms with van der Waals surface area (Å²) in [6.45, 7) is 2.75. The Morgan fingerprint density at radius 2 is 2.21 bits per heavy atom. The number of benzene rings is 1. The minimum Gasteiger partial charge on any atom is -0.381 e. The highest BCUT2D eigenvalue weighted by atomic mass is 16.2. The van der Waals surface area contributed by atoms with E-state index < -0.39 is 0 Å². The molecule has 0 aliphatic heterocycles. The highest BCUT2D eigenvalue weighted by molar-refractivity contribution is 5.75. The van der Waals surface area contributed by atoms with Crippen LogP contribution in [0.4, 0.5) is 5.82 Å². The van der Waals surface area contributed by atoms with Gasteiger partial charge in [-0.1, -0.05) is 24.3 Å². The molecule has 0 aliphatic carbocycles. The zero-order chi connectivity index (χ0) is 13.7. The molecule has 0 saturated carbocycles. The van der Waals surface area contributed by atoms with Crippen LogP contribution in [0.15, 0.2) is 30.5 Å². The van der Waals surface area contributed by atoms with Gasteiger partial charge in [0, 0.05) is 6.54 Å². The summed E-state index contributed by atoms with van der Waals surface area (Å²) in [5.74, 6) is 0.192. The molecule has 6 heteroatoms. The number of rotatable bonds is 5. The quantitative estimate of drug-likeness (QED) is 0.820. The van der Waals surface area contributed by atoms with Gasteiger partial charge in [0.2, 0.25) is 5.91 Å². The van der Waals surface area contributed by atoms with Crippen molar-refractivity contribution in [2.45, 2.75) is 19.9 Å². The first-order valence-corrected chi connectivity index (χ1v) is 6.12. The number of hydrogen-bond acceptors (Lipinski definition) is 4. The summed E-state index contributed by atoms with van der Waals surface area (Å²) >= 11 is 0. The largest absolute Gasteiger partial charge is 0.381 e. The first-order chi connectivity index (χ1) is 9.15. The third kappa shape index (κ3) is 3.80. The maximum absolute atomic E-state index is 11.6. The first kappa shape index (κ1) is 13.1. The number of nitrogens with one attached hydrogen (secondary N) is 1. The van der Waals surface area contributed by atoms with Gasteiger partial charge in [0.05, 0.1) is 6.20 Å². The number of anilines is 1. The van der Waals surface area contributed by atoms with Crippen LogP contribution in [0.1, 0.15) is 11.1 Å². The van der Waals surface area contributed by atoms with Crippen molar-refractivity contribution in [1.82, 2.24) is 20.3 Å². The molecular weight excluding hydrogens is 242 g/mol. The first-order valence-electron chi connectivity index (χ1n) is 6.12. The number of aromatic nitrogens is 3. The lowest BCUT2D eigenvalue weighted by Gasteiger charge is -2.07. The average Bonchev–Trinajstić information content (AvgIpc) is 2.77. The van der Waals surface area contributed by atoms with Crippen molar-refractivity contribution in [3.05, 3.63) is 41.6 Å². The second-order valence-corrected chi connectivity index (χ2v) is 4.33. The normalized spacial score (nSPS) is 10.4. The summed E-state index contributed by atoms with van der Waals surface area (Å²) in [6.07, 6.45) is 2.23. The number of aryl methyl sites for hydroxylation is 1. The lowest BCUT2D eigenvalue weighted by atomic mass is 10.1. The Bertz CT molecular complexity index is 564. The van der Waals surface area contributed by atoms with Crippen molar-refractivity contribution in [3.8, 4) is 0 Å². The van der Waals surface area contributed by atoms with Crippen LogP contribution in [0.5, 0.6) is 0 Å². The number of hydrogen-bond donors (Lipinski definition) is 2. The van der Waals surface area contributed by atoms with Crippen LogP contribution in [0.2, 0.25) is 0 Å². The number of carbonyl (C=O) groups excluding carboxylic acids is 1. The van der Waals surface area contributed by atoms with Crippen molar-refractivity contribution in [2.24, 2.45) is 0 Å². The van der Waals surface area contributed by atoms with E-state index in [-0.39, 0.29) is 12.5 Å². The second-order valence-electron chi connectivity index (χ2n) is 4.33. The summed E-state index contributed by atoms with van der Waals surface area (Å²) in [5.41, 5.74) is 7.90. The smallest absolute Gasteiger partial charge is 0.243 e. The van der Waals surface area contributed by atoms with Gasteiger partial charge in [0.25, 0.3) is 0 Å². The van der Waals surface area contributed by atoms with Gasteiger partial charge in [-0.25, -0.2) is 0 Å². The van der Waals surface area contributed by atoms with Gasteiger partial charge in [-0.15, -0.1) is 5.10 Å². The fraction of sp³-hybridized carbons (Fsp3) is 0.308. The van der Waals surface area contributed by atoms with Gasteiger partial charge in [0.15, 0.2) is 5.82 Å². The van der Waals surface area contributed by atoms with Gasteiger partial charge in [-0.2, -0.15) is 9.90 Å². The maximum Gasteiger partial charge on any atom is 0.243 e. The summed E-state index contributed by atoms with van der Waals surface area (Å²) in [5, 5.41) is 10.5. The van der Waals surface area contributed by atoms with Crippen LogP contribution in [0, 0.1) is 6.92 Å². The van der Waals surface area contributed by atoms with Crippen molar-refractivity contribution in [2.75, 3.05) is 12.3 Å². The standard InChI is InChI=1S/C13H17N5O/c1-10-4-2-3-5-11(10)6-7-15-13(19)9-18-16-8-12(14)17-18/h2-5,8H,6-7,9H2,1H3,(H2,14,17)(H,15,19). The van der Waals surface area contributed by atoms with E-state index in [1.54, 1.807) is 0 Å². The van der Waals surface area contributed by atoms with E-state index in [4.69, 9.17) is 5.73 Å². The Kier molecular flexibility index (Phi) is 4.12. The Morgan fingerprint density at radius 1 is 1.42 bits per heavy atom. The van der Waals surface area contributed by atoms with Gasteiger partial charge in [-0.3, -0.25) is 4.79 Å². The molecule has 0 spiro atoms. The summed E-state index contributed by atoms with van der Waals surface area (Å²) in [4.78, 5) is 12.9. The molecule has 1 heterocycles. The molecule has 100 valence electrons. The van der Waals surface area contributed by atoms with Crippen LogP contribution >= 0.6 is 0 Å². The van der Waals surface area contributed by atoms with E-state index >= 15 is 0 Å². The molecule has 1 aromatic carbocycles. The van der Waals surface area contributed by atoms with Gasteiger partial charge < -0.3 is 11.1 Å². The van der Waals surface area contributed by atoms with Gasteiger partial charge in [-0.05, 0) is 24.5 Å². The summed E-state index contributed by atoms with van der Waals surface area (Å²) in [6, 6.07) is 8.14. The summed E-state index contributed by atoms with van der Waals surface area (Å²) in [7, 11) is 0. The highest BCUT2D eigenvalue weighted by Gasteiger charge is 2.05. The number of nitrogen functional groups attached to an aromatic ring is 1. The Morgan fingerprint density at radius 3 is 2.89 bits per heavy atom. The predicted octanol–water partition coefficient (Wildman–Crippen LogP) is 0.528. The molecule has 3 N–H and O–H groups in total. The van der Waals surface area contributed by atoms with E-state index in [0.717, 1.165) is 6.42 Å². The van der Waals surface area contributed by atoms with Crippen LogP contribution in [0.3, 0.4) is 0 Å². The molecule has 0 atom stereocenters. The zero-order valence-electron chi connectivity index (χ0n) is 10.8. The molecule has 0 bridgehead atoms. The maximum atomic E-state index is 11.6. The van der Waals surface area contributed by atoms with E-state index in [1.165, 1.54) is 22.1 Å². The Labute approximate surface area is 111 Å². The third-order valence-electron chi connectivity index (χ3n) is 2.82. The highest BCUT2D eigenvalue weighted by Crippen LogP contribution is 2.06. The molecule has 0 fully saturated rings. The van der Waals surface area contributed by atoms with Crippen LogP contribution < -0.4 is 11.1 Å². The van der Waals surface area contributed by atoms with Gasteiger partial charge >= 0.3 is 0 Å². The van der Waals surface area contributed by atoms with Crippen molar-refractivity contribution < 1.29 is 4.79 Å². The molecule has 1 aromatic heterocycles. The summed E-state index contributed by atoms with van der Waals surface area (Å²) < 4.78 is 0. The average molecular weight is 259 g/mol. The van der Waals surface area contributed by atoms with E-state index in [0.29, 0.717) is 12.4 Å². The number of nitrogens with zero attached hydrogens (tertiary/aromatic N) is 3. The van der Waals surface area contributed by atoms with Crippen LogP contribution in [0.25, 0.3) is 0 Å². The molecular formula is C13H17N5O. The lowest BCUT2D eigenvalue weighted by molar-refractivity contribution is -0.122. The van der Waals surface area contributed by atoms with E-state index in [1.807, 2.05) is 12.1 Å². The molecule has 0 unspecified atom stereocenters. The Balaban J connectivity index is 1.77. The molecule has 19 heavy (non-hydrogen) atoms. The minimum atomic E-state index is -0.121. The van der Waals surface area contributed by atoms with Gasteiger partial charge in [0.1, 0.15) is 6.54 Å². The van der Waals surface area contributed by atoms with E-state index in [2.05, 4.69) is 34.6 Å². The van der Waals surface area contributed by atoms with Crippen molar-refractivity contribution in [1.29, 1.82) is 0 Å². The van der Waals surface area contributed by atoms with Crippen molar-refractivity contribution in [3.63, 3.8) is 0 Å². The molecule has 0 radical (unpaired) electrons. The second kappa shape index (κ2) is 5.99. The molecule has 0 saturated heterocycles. The fourth-order valence-electron chi connectivity index (χ4n) is 1.80. The third-order valence-corrected chi connectivity index (χ3v) is 2.82. The molecule has 6 nitrogen and oxygen atoms in total. The zero-order valence-corrected chi connectivity index (χ0v) is 10.8. The van der Waals surface area contributed by atoms with E-state index in [9.17, 15) is 4.79 Å². The molecule has 2 rings (SSSR count). The van der Waals surface area contributed by atoms with Crippen LogP contribution in [-0.2, 0) is 17.8 Å². The molecule has 0 aliphatic rings. The van der Waals surface area contributed by atoms with Crippen molar-refractivity contribution >= 4 is 11.7 Å². The SMILES string of the molecule is Cc1ccccc1CCNC(=O)Cn1ncc(N)n1. The number of nitrogens with two attached hydrogens (primary N) is 1. The molecule has 1 amide bonds.